The van der Waals surface area contributed by atoms with Gasteiger partial charge in [-0.15, -0.1) is 11.3 Å². The van der Waals surface area contributed by atoms with E-state index in [2.05, 4.69) is 36.0 Å². The molecule has 3 nitrogen and oxygen atoms in total. The second-order valence-corrected chi connectivity index (χ2v) is 6.28. The molecule has 4 heteroatoms. The Morgan fingerprint density at radius 1 is 1.59 bits per heavy atom. The zero-order valence-electron chi connectivity index (χ0n) is 11.1. The Balaban J connectivity index is 1.87. The summed E-state index contributed by atoms with van der Waals surface area (Å²) in [5.74, 6) is 0. The van der Waals surface area contributed by atoms with Gasteiger partial charge in [0.15, 0.2) is 0 Å². The van der Waals surface area contributed by atoms with Crippen molar-refractivity contribution in [1.29, 1.82) is 0 Å². The van der Waals surface area contributed by atoms with Gasteiger partial charge in [0.05, 0.1) is 6.54 Å². The lowest BCUT2D eigenvalue weighted by atomic mass is 9.98. The first kappa shape index (κ1) is 13.0. The number of thiazole rings is 1. The van der Waals surface area contributed by atoms with Gasteiger partial charge in [0.2, 0.25) is 0 Å². The average Bonchev–Trinajstić information content (AvgIpc) is 2.69. The minimum absolute atomic E-state index is 0.664. The lowest BCUT2D eigenvalue weighted by molar-refractivity contribution is 0.129. The van der Waals surface area contributed by atoms with Crippen molar-refractivity contribution < 1.29 is 0 Å². The largest absolute Gasteiger partial charge is 0.314 e. The van der Waals surface area contributed by atoms with E-state index in [-0.39, 0.29) is 0 Å². The van der Waals surface area contributed by atoms with Gasteiger partial charge < -0.3 is 5.32 Å². The van der Waals surface area contributed by atoms with Crippen LogP contribution in [0, 0.1) is 6.92 Å². The van der Waals surface area contributed by atoms with E-state index in [4.69, 9.17) is 0 Å². The fourth-order valence-electron chi connectivity index (χ4n) is 2.58. The Bertz CT molecular complexity index is 350. The summed E-state index contributed by atoms with van der Waals surface area (Å²) in [7, 11) is 0. The molecule has 2 atom stereocenters. The highest BCUT2D eigenvalue weighted by Crippen LogP contribution is 2.21. The Kier molecular flexibility index (Phi) is 4.54. The van der Waals surface area contributed by atoms with Crippen LogP contribution in [-0.4, -0.2) is 35.1 Å². The number of nitrogens with zero attached hydrogens (tertiary/aromatic N) is 2. The first-order chi connectivity index (χ1) is 8.19. The van der Waals surface area contributed by atoms with Crippen molar-refractivity contribution >= 4 is 11.3 Å². The van der Waals surface area contributed by atoms with E-state index in [0.717, 1.165) is 13.1 Å². The van der Waals surface area contributed by atoms with Crippen molar-refractivity contribution in [2.75, 3.05) is 13.1 Å². The maximum atomic E-state index is 4.46. The molecule has 0 saturated carbocycles. The molecule has 96 valence electrons. The van der Waals surface area contributed by atoms with Gasteiger partial charge in [-0.1, -0.05) is 6.92 Å². The summed E-state index contributed by atoms with van der Waals surface area (Å²) in [4.78, 5) is 8.34. The zero-order valence-corrected chi connectivity index (χ0v) is 11.9. The normalized spacial score (nSPS) is 26.3. The van der Waals surface area contributed by atoms with Gasteiger partial charge in [-0.05, 0) is 33.2 Å². The van der Waals surface area contributed by atoms with Gasteiger partial charge in [0.1, 0.15) is 5.01 Å². The Hall–Kier alpha value is -0.450. The van der Waals surface area contributed by atoms with Crippen LogP contribution < -0.4 is 5.32 Å². The molecule has 0 spiro atoms. The highest BCUT2D eigenvalue weighted by atomic mass is 32.1. The van der Waals surface area contributed by atoms with Crippen molar-refractivity contribution in [2.24, 2.45) is 0 Å². The summed E-state index contributed by atoms with van der Waals surface area (Å²) in [5.41, 5.74) is 0. The van der Waals surface area contributed by atoms with Gasteiger partial charge in [-0.3, -0.25) is 4.90 Å². The standard InChI is InChI=1S/C13H23N3S/c1-4-14-12-5-6-16(10(2)7-12)9-13-15-8-11(3)17-13/h8,10,12,14H,4-7,9H2,1-3H3. The van der Waals surface area contributed by atoms with E-state index in [0.29, 0.717) is 12.1 Å². The van der Waals surface area contributed by atoms with Crippen LogP contribution in [0.5, 0.6) is 0 Å². The second kappa shape index (κ2) is 5.94. The molecule has 2 unspecified atom stereocenters. The minimum atomic E-state index is 0.664. The van der Waals surface area contributed by atoms with Gasteiger partial charge >= 0.3 is 0 Å². The number of likely N-dealkylation sites (tertiary alicyclic amines) is 1. The molecule has 1 aromatic rings. The molecule has 17 heavy (non-hydrogen) atoms. The Morgan fingerprint density at radius 3 is 3.00 bits per heavy atom. The number of hydrogen-bond donors (Lipinski definition) is 1. The summed E-state index contributed by atoms with van der Waals surface area (Å²) in [6, 6.07) is 1.38. The van der Waals surface area contributed by atoms with E-state index in [1.54, 1.807) is 0 Å². The monoisotopic (exact) mass is 253 g/mol. The molecule has 0 aliphatic carbocycles. The molecule has 0 bridgehead atoms. The first-order valence-electron chi connectivity index (χ1n) is 6.57. The number of aromatic nitrogens is 1. The SMILES string of the molecule is CCNC1CCN(Cc2ncc(C)s2)C(C)C1. The number of rotatable bonds is 4. The van der Waals surface area contributed by atoms with Crippen molar-refractivity contribution in [1.82, 2.24) is 15.2 Å². The van der Waals surface area contributed by atoms with Crippen LogP contribution in [0.1, 0.15) is 36.6 Å². The van der Waals surface area contributed by atoms with Gasteiger partial charge in [0.25, 0.3) is 0 Å². The summed E-state index contributed by atoms with van der Waals surface area (Å²) in [6.07, 6.45) is 4.51. The third-order valence-corrected chi connectivity index (χ3v) is 4.41. The second-order valence-electron chi connectivity index (χ2n) is 4.96. The van der Waals surface area contributed by atoms with Crippen LogP contribution in [0.4, 0.5) is 0 Å². The average molecular weight is 253 g/mol. The third-order valence-electron chi connectivity index (χ3n) is 3.51. The zero-order chi connectivity index (χ0) is 12.3. The molecule has 1 aromatic heterocycles. The van der Waals surface area contributed by atoms with E-state index in [9.17, 15) is 0 Å². The predicted octanol–water partition coefficient (Wildman–Crippen LogP) is 2.41. The summed E-state index contributed by atoms with van der Waals surface area (Å²) in [5, 5.41) is 4.82. The summed E-state index contributed by atoms with van der Waals surface area (Å²) < 4.78 is 0. The van der Waals surface area contributed by atoms with E-state index < -0.39 is 0 Å². The fraction of sp³-hybridized carbons (Fsp3) is 0.769. The van der Waals surface area contributed by atoms with Crippen LogP contribution in [-0.2, 0) is 6.54 Å². The van der Waals surface area contributed by atoms with E-state index >= 15 is 0 Å². The van der Waals surface area contributed by atoms with Crippen molar-refractivity contribution in [3.05, 3.63) is 16.1 Å². The summed E-state index contributed by atoms with van der Waals surface area (Å²) >= 11 is 1.83. The predicted molar refractivity (Wildman–Crippen MR) is 73.4 cm³/mol. The van der Waals surface area contributed by atoms with Gasteiger partial charge in [-0.25, -0.2) is 4.98 Å². The Labute approximate surface area is 108 Å². The van der Waals surface area contributed by atoms with Crippen molar-refractivity contribution in [2.45, 2.75) is 52.2 Å². The van der Waals surface area contributed by atoms with Crippen molar-refractivity contribution in [3.63, 3.8) is 0 Å². The minimum Gasteiger partial charge on any atom is -0.314 e. The lowest BCUT2D eigenvalue weighted by Gasteiger charge is -2.37. The van der Waals surface area contributed by atoms with Crippen LogP contribution >= 0.6 is 11.3 Å². The van der Waals surface area contributed by atoms with Gasteiger partial charge in [-0.2, -0.15) is 0 Å². The molecule has 0 radical (unpaired) electrons. The highest BCUT2D eigenvalue weighted by molar-refractivity contribution is 7.11. The highest BCUT2D eigenvalue weighted by Gasteiger charge is 2.25. The molecular weight excluding hydrogens is 230 g/mol. The molecule has 1 N–H and O–H groups in total. The van der Waals surface area contributed by atoms with Crippen LogP contribution in [0.3, 0.4) is 0 Å². The molecule has 1 aliphatic heterocycles. The number of hydrogen-bond acceptors (Lipinski definition) is 4. The topological polar surface area (TPSA) is 28.2 Å². The maximum Gasteiger partial charge on any atom is 0.107 e. The molecular formula is C13H23N3S. The van der Waals surface area contributed by atoms with Gasteiger partial charge in [0, 0.05) is 29.7 Å². The number of aryl methyl sites for hydroxylation is 1. The Morgan fingerprint density at radius 2 is 2.41 bits per heavy atom. The summed E-state index contributed by atoms with van der Waals surface area (Å²) in [6.45, 7) is 9.96. The quantitative estimate of drug-likeness (QED) is 0.893. The maximum absolute atomic E-state index is 4.46. The van der Waals surface area contributed by atoms with Crippen LogP contribution in [0.15, 0.2) is 6.20 Å². The molecule has 0 amide bonds. The molecule has 1 saturated heterocycles. The number of piperidine rings is 1. The van der Waals surface area contributed by atoms with Crippen molar-refractivity contribution in [3.8, 4) is 0 Å². The molecule has 1 fully saturated rings. The van der Waals surface area contributed by atoms with Crippen LogP contribution in [0.25, 0.3) is 0 Å². The fourth-order valence-corrected chi connectivity index (χ4v) is 3.39. The van der Waals surface area contributed by atoms with Crippen LogP contribution in [0.2, 0.25) is 0 Å². The number of nitrogens with one attached hydrogen (secondary N) is 1. The smallest absolute Gasteiger partial charge is 0.107 e. The molecule has 1 aliphatic rings. The molecule has 2 heterocycles. The van der Waals surface area contributed by atoms with E-state index in [1.165, 1.54) is 29.3 Å². The third kappa shape index (κ3) is 3.50. The molecule has 0 aromatic carbocycles. The van der Waals surface area contributed by atoms with E-state index in [1.807, 2.05) is 17.5 Å². The lowest BCUT2D eigenvalue weighted by Crippen LogP contribution is -2.46. The first-order valence-corrected chi connectivity index (χ1v) is 7.39. The molecule has 2 rings (SSSR count).